The van der Waals surface area contributed by atoms with Crippen LogP contribution in [0.25, 0.3) is 0 Å². The van der Waals surface area contributed by atoms with E-state index in [0.29, 0.717) is 0 Å². The molecule has 0 amide bonds. The quantitative estimate of drug-likeness (QED) is 0.818. The number of carboxylic acids is 1. The molecule has 0 spiro atoms. The first-order chi connectivity index (χ1) is 7.70. The van der Waals surface area contributed by atoms with Crippen molar-refractivity contribution in [3.8, 4) is 0 Å². The van der Waals surface area contributed by atoms with Crippen molar-refractivity contribution in [2.45, 2.75) is 38.3 Å². The van der Waals surface area contributed by atoms with Crippen molar-refractivity contribution >= 4 is 5.97 Å². The first-order valence-electron chi connectivity index (χ1n) is 5.78. The highest BCUT2D eigenvalue weighted by Crippen LogP contribution is 2.26. The lowest BCUT2D eigenvalue weighted by molar-refractivity contribution is -0.139. The van der Waals surface area contributed by atoms with E-state index in [-0.39, 0.29) is 12.1 Å². The molecule has 1 saturated heterocycles. The van der Waals surface area contributed by atoms with Gasteiger partial charge in [-0.15, -0.1) is 0 Å². The van der Waals surface area contributed by atoms with Crippen LogP contribution in [0.3, 0.4) is 0 Å². The van der Waals surface area contributed by atoms with Crippen LogP contribution in [-0.4, -0.2) is 17.1 Å². The van der Waals surface area contributed by atoms with Crippen molar-refractivity contribution in [3.05, 3.63) is 35.4 Å². The molecule has 86 valence electrons. The fraction of sp³-hybridized carbons (Fsp3) is 0.462. The number of hydrogen-bond donors (Lipinski definition) is 2. The monoisotopic (exact) mass is 219 g/mol. The molecule has 0 aromatic heterocycles. The van der Waals surface area contributed by atoms with Crippen LogP contribution in [0.5, 0.6) is 0 Å². The largest absolute Gasteiger partial charge is 0.480 e. The van der Waals surface area contributed by atoms with Crippen molar-refractivity contribution in [1.82, 2.24) is 5.32 Å². The second-order valence-corrected chi connectivity index (χ2v) is 4.28. The van der Waals surface area contributed by atoms with Crippen LogP contribution in [0.2, 0.25) is 0 Å². The number of carboxylic acid groups (broad SMARTS) is 1. The Morgan fingerprint density at radius 2 is 2.06 bits per heavy atom. The number of benzene rings is 1. The molecule has 1 aliphatic heterocycles. The summed E-state index contributed by atoms with van der Waals surface area (Å²) in [7, 11) is 0. The van der Waals surface area contributed by atoms with Gasteiger partial charge in [-0.2, -0.15) is 0 Å². The normalized spacial score (nSPS) is 24.6. The highest BCUT2D eigenvalue weighted by molar-refractivity contribution is 5.73. The molecule has 0 saturated carbocycles. The van der Waals surface area contributed by atoms with Crippen LogP contribution in [0.1, 0.15) is 36.9 Å². The smallest absolute Gasteiger partial charge is 0.320 e. The second kappa shape index (κ2) is 4.66. The maximum atomic E-state index is 10.8. The number of hydrogen-bond acceptors (Lipinski definition) is 2. The predicted octanol–water partition coefficient (Wildman–Crippen LogP) is 2.13. The Balaban J connectivity index is 2.05. The third-order valence-corrected chi connectivity index (χ3v) is 3.23. The van der Waals surface area contributed by atoms with Gasteiger partial charge in [0, 0.05) is 6.04 Å². The molecule has 1 aromatic rings. The number of nitrogens with one attached hydrogen (secondary N) is 1. The van der Waals surface area contributed by atoms with Gasteiger partial charge in [-0.25, -0.2) is 0 Å². The van der Waals surface area contributed by atoms with Gasteiger partial charge in [0.1, 0.15) is 6.04 Å². The van der Waals surface area contributed by atoms with Crippen LogP contribution < -0.4 is 5.32 Å². The summed E-state index contributed by atoms with van der Waals surface area (Å²) >= 11 is 0. The summed E-state index contributed by atoms with van der Waals surface area (Å²) in [5, 5.41) is 12.0. The maximum absolute atomic E-state index is 10.8. The maximum Gasteiger partial charge on any atom is 0.320 e. The van der Waals surface area contributed by atoms with Gasteiger partial charge in [-0.1, -0.05) is 31.2 Å². The third-order valence-electron chi connectivity index (χ3n) is 3.23. The lowest BCUT2D eigenvalue weighted by Crippen LogP contribution is -2.31. The Kier molecular flexibility index (Phi) is 3.25. The minimum Gasteiger partial charge on any atom is -0.480 e. The second-order valence-electron chi connectivity index (χ2n) is 4.28. The minimum absolute atomic E-state index is 0.201. The van der Waals surface area contributed by atoms with Gasteiger partial charge in [-0.3, -0.25) is 10.1 Å². The van der Waals surface area contributed by atoms with E-state index in [1.807, 2.05) is 0 Å². The Morgan fingerprint density at radius 1 is 1.38 bits per heavy atom. The summed E-state index contributed by atoms with van der Waals surface area (Å²) < 4.78 is 0. The zero-order valence-corrected chi connectivity index (χ0v) is 9.44. The highest BCUT2D eigenvalue weighted by Gasteiger charge is 2.29. The molecule has 0 bridgehead atoms. The molecule has 2 N–H and O–H groups in total. The van der Waals surface area contributed by atoms with E-state index in [9.17, 15) is 4.79 Å². The molecule has 3 heteroatoms. The van der Waals surface area contributed by atoms with Crippen molar-refractivity contribution in [2.75, 3.05) is 0 Å². The van der Waals surface area contributed by atoms with Crippen molar-refractivity contribution in [3.63, 3.8) is 0 Å². The molecule has 2 atom stereocenters. The van der Waals surface area contributed by atoms with E-state index in [1.165, 1.54) is 11.1 Å². The third kappa shape index (κ3) is 2.25. The summed E-state index contributed by atoms with van der Waals surface area (Å²) in [6.45, 7) is 2.13. The average Bonchev–Trinajstić information content (AvgIpc) is 2.78. The number of aliphatic carboxylic acids is 1. The molecule has 0 aliphatic carbocycles. The zero-order valence-electron chi connectivity index (χ0n) is 9.44. The Morgan fingerprint density at radius 3 is 2.56 bits per heavy atom. The zero-order chi connectivity index (χ0) is 11.5. The number of carbonyl (C=O) groups is 1. The molecule has 1 aromatic carbocycles. The molecular formula is C13H17NO2. The molecule has 1 heterocycles. The van der Waals surface area contributed by atoms with E-state index in [0.717, 1.165) is 19.3 Å². The van der Waals surface area contributed by atoms with Gasteiger partial charge in [0.25, 0.3) is 0 Å². The van der Waals surface area contributed by atoms with Gasteiger partial charge >= 0.3 is 5.97 Å². The van der Waals surface area contributed by atoms with Crippen LogP contribution in [0.4, 0.5) is 0 Å². The summed E-state index contributed by atoms with van der Waals surface area (Å²) in [6.07, 6.45) is 2.66. The summed E-state index contributed by atoms with van der Waals surface area (Å²) in [6, 6.07) is 8.25. The van der Waals surface area contributed by atoms with E-state index in [1.54, 1.807) is 0 Å². The predicted molar refractivity (Wildman–Crippen MR) is 62.4 cm³/mol. The van der Waals surface area contributed by atoms with Crippen molar-refractivity contribution in [1.29, 1.82) is 0 Å². The van der Waals surface area contributed by atoms with Gasteiger partial charge in [-0.05, 0) is 30.4 Å². The summed E-state index contributed by atoms with van der Waals surface area (Å²) in [4.78, 5) is 10.8. The van der Waals surface area contributed by atoms with Crippen LogP contribution in [0, 0.1) is 0 Å². The highest BCUT2D eigenvalue weighted by atomic mass is 16.4. The van der Waals surface area contributed by atoms with E-state index in [4.69, 9.17) is 5.11 Å². The topological polar surface area (TPSA) is 49.3 Å². The molecule has 1 aliphatic rings. The summed E-state index contributed by atoms with van der Waals surface area (Å²) in [5.41, 5.74) is 2.51. The molecular weight excluding hydrogens is 202 g/mol. The molecule has 2 unspecified atom stereocenters. The molecule has 0 radical (unpaired) electrons. The van der Waals surface area contributed by atoms with E-state index >= 15 is 0 Å². The number of rotatable bonds is 3. The lowest BCUT2D eigenvalue weighted by atomic mass is 10.0. The van der Waals surface area contributed by atoms with Gasteiger partial charge < -0.3 is 5.11 Å². The van der Waals surface area contributed by atoms with E-state index in [2.05, 4.69) is 36.5 Å². The fourth-order valence-electron chi connectivity index (χ4n) is 2.19. The Hall–Kier alpha value is -1.35. The van der Waals surface area contributed by atoms with Crippen LogP contribution in [-0.2, 0) is 11.2 Å². The van der Waals surface area contributed by atoms with Gasteiger partial charge in [0.2, 0.25) is 0 Å². The molecule has 3 nitrogen and oxygen atoms in total. The minimum atomic E-state index is -0.743. The van der Waals surface area contributed by atoms with Crippen molar-refractivity contribution < 1.29 is 9.90 Å². The van der Waals surface area contributed by atoms with E-state index < -0.39 is 5.97 Å². The fourth-order valence-corrected chi connectivity index (χ4v) is 2.19. The van der Waals surface area contributed by atoms with Crippen LogP contribution in [0.15, 0.2) is 24.3 Å². The molecule has 2 rings (SSSR count). The molecule has 16 heavy (non-hydrogen) atoms. The standard InChI is InChI=1S/C13H17NO2/c1-2-9-3-5-10(6-4-9)11-7-8-12(14-11)13(15)16/h3-6,11-12,14H,2,7-8H2,1H3,(H,15,16). The SMILES string of the molecule is CCc1ccc(C2CCC(C(=O)O)N2)cc1. The first-order valence-corrected chi connectivity index (χ1v) is 5.78. The lowest BCUT2D eigenvalue weighted by Gasteiger charge is -2.12. The van der Waals surface area contributed by atoms with Crippen molar-refractivity contribution in [2.24, 2.45) is 0 Å². The number of aryl methyl sites for hydroxylation is 1. The van der Waals surface area contributed by atoms with Gasteiger partial charge in [0.15, 0.2) is 0 Å². The van der Waals surface area contributed by atoms with Crippen LogP contribution >= 0.6 is 0 Å². The molecule has 1 fully saturated rings. The Bertz CT molecular complexity index is 372. The average molecular weight is 219 g/mol. The van der Waals surface area contributed by atoms with Gasteiger partial charge in [0.05, 0.1) is 0 Å². The summed E-state index contributed by atoms with van der Waals surface area (Å²) in [5.74, 6) is -0.743. The Labute approximate surface area is 95.5 Å². The first kappa shape index (κ1) is 11.1.